The number of rotatable bonds is 6. The molecule has 0 saturated carbocycles. The summed E-state index contributed by atoms with van der Waals surface area (Å²) in [6.45, 7) is -0.0622. The molecular weight excluding hydrogens is 361 g/mol. The lowest BCUT2D eigenvalue weighted by Gasteiger charge is -2.07. The van der Waals surface area contributed by atoms with Crippen molar-refractivity contribution in [1.29, 1.82) is 0 Å². The first-order chi connectivity index (χ1) is 12.5. The molecule has 8 nitrogen and oxygen atoms in total. The molecule has 26 heavy (non-hydrogen) atoms. The number of carbonyl (C=O) groups excluding carboxylic acids is 1. The second-order valence-corrected chi connectivity index (χ2v) is 7.44. The van der Waals surface area contributed by atoms with E-state index in [-0.39, 0.29) is 17.2 Å². The molecule has 1 aromatic heterocycles. The maximum absolute atomic E-state index is 12.9. The summed E-state index contributed by atoms with van der Waals surface area (Å²) in [6, 6.07) is 11.1. The van der Waals surface area contributed by atoms with Gasteiger partial charge < -0.3 is 5.32 Å². The minimum absolute atomic E-state index is 0.0129. The van der Waals surface area contributed by atoms with E-state index in [2.05, 4.69) is 20.8 Å². The molecule has 1 heterocycles. The summed E-state index contributed by atoms with van der Waals surface area (Å²) >= 11 is 0. The second-order valence-electron chi connectivity index (χ2n) is 5.33. The van der Waals surface area contributed by atoms with Crippen LogP contribution in [0.1, 0.15) is 10.4 Å². The Morgan fingerprint density at radius 3 is 2.38 bits per heavy atom. The van der Waals surface area contributed by atoms with E-state index >= 15 is 0 Å². The number of sulfone groups is 1. The molecule has 0 aliphatic rings. The molecule has 2 aromatic carbocycles. The Kier molecular flexibility index (Phi) is 5.03. The smallest absolute Gasteiger partial charge is 0.251 e. The summed E-state index contributed by atoms with van der Waals surface area (Å²) in [5.41, 5.74) is 1.06. The zero-order valence-corrected chi connectivity index (χ0v) is 14.2. The number of halogens is 1. The molecule has 0 saturated heterocycles. The highest BCUT2D eigenvalue weighted by atomic mass is 32.2. The topological polar surface area (TPSA) is 107 Å². The van der Waals surface area contributed by atoms with Crippen molar-refractivity contribution in [2.75, 3.05) is 12.3 Å². The average Bonchev–Trinajstić information content (AvgIpc) is 3.17. The summed E-state index contributed by atoms with van der Waals surface area (Å²) < 4.78 is 38.6. The molecule has 1 amide bonds. The molecule has 0 aliphatic carbocycles. The predicted molar refractivity (Wildman–Crippen MR) is 89.9 cm³/mol. The summed E-state index contributed by atoms with van der Waals surface area (Å²) in [5.74, 6) is -1.20. The third-order valence-electron chi connectivity index (χ3n) is 3.57. The maximum atomic E-state index is 12.9. The quantitative estimate of drug-likeness (QED) is 0.644. The van der Waals surface area contributed by atoms with Gasteiger partial charge in [-0.25, -0.2) is 17.5 Å². The standard InChI is InChI=1S/C16H14FN5O3S/c17-13-3-7-15(8-4-13)26(24,25)10-9-18-16(23)12-1-5-14(6-2-12)22-11-19-20-21-22/h1-8,11H,9-10H2,(H,18,23). The van der Waals surface area contributed by atoms with Gasteiger partial charge in [0.15, 0.2) is 9.84 Å². The Labute approximate surface area is 148 Å². The molecule has 134 valence electrons. The van der Waals surface area contributed by atoms with Crippen LogP contribution in [0.25, 0.3) is 5.69 Å². The van der Waals surface area contributed by atoms with Crippen LogP contribution in [-0.2, 0) is 9.84 Å². The molecule has 3 rings (SSSR count). The first-order valence-electron chi connectivity index (χ1n) is 7.56. The number of nitrogens with one attached hydrogen (secondary N) is 1. The van der Waals surface area contributed by atoms with E-state index in [0.29, 0.717) is 11.3 Å². The molecule has 0 atom stereocenters. The monoisotopic (exact) mass is 375 g/mol. The molecule has 0 aliphatic heterocycles. The molecule has 0 bridgehead atoms. The van der Waals surface area contributed by atoms with Gasteiger partial charge in [0.05, 0.1) is 16.3 Å². The van der Waals surface area contributed by atoms with Gasteiger partial charge in [-0.3, -0.25) is 4.79 Å². The summed E-state index contributed by atoms with van der Waals surface area (Å²) in [4.78, 5) is 12.1. The van der Waals surface area contributed by atoms with Gasteiger partial charge in [0.1, 0.15) is 12.1 Å². The van der Waals surface area contributed by atoms with Crippen LogP contribution in [0.5, 0.6) is 0 Å². The summed E-state index contributed by atoms with van der Waals surface area (Å²) in [7, 11) is -3.60. The first-order valence-corrected chi connectivity index (χ1v) is 9.21. The van der Waals surface area contributed by atoms with E-state index in [4.69, 9.17) is 0 Å². The average molecular weight is 375 g/mol. The Balaban J connectivity index is 1.58. The minimum atomic E-state index is -3.60. The van der Waals surface area contributed by atoms with E-state index < -0.39 is 21.6 Å². The van der Waals surface area contributed by atoms with Crippen LogP contribution in [0.15, 0.2) is 59.8 Å². The molecule has 0 unspecified atom stereocenters. The molecule has 3 aromatic rings. The molecule has 0 radical (unpaired) electrons. The molecule has 0 spiro atoms. The maximum Gasteiger partial charge on any atom is 0.251 e. The Morgan fingerprint density at radius 1 is 1.08 bits per heavy atom. The van der Waals surface area contributed by atoms with E-state index in [1.165, 1.54) is 23.1 Å². The molecule has 10 heteroatoms. The van der Waals surface area contributed by atoms with Crippen molar-refractivity contribution in [3.8, 4) is 5.69 Å². The Bertz CT molecular complexity index is 987. The Hall–Kier alpha value is -3.14. The third-order valence-corrected chi connectivity index (χ3v) is 5.30. The van der Waals surface area contributed by atoms with Gasteiger partial charge in [-0.2, -0.15) is 0 Å². The number of hydrogen-bond donors (Lipinski definition) is 1. The van der Waals surface area contributed by atoms with Crippen molar-refractivity contribution in [1.82, 2.24) is 25.5 Å². The van der Waals surface area contributed by atoms with Crippen molar-refractivity contribution in [3.63, 3.8) is 0 Å². The van der Waals surface area contributed by atoms with Crippen LogP contribution in [0, 0.1) is 5.82 Å². The van der Waals surface area contributed by atoms with Gasteiger partial charge in [-0.1, -0.05) is 0 Å². The first kappa shape index (κ1) is 17.7. The highest BCUT2D eigenvalue weighted by Gasteiger charge is 2.15. The van der Waals surface area contributed by atoms with Crippen molar-refractivity contribution >= 4 is 15.7 Å². The van der Waals surface area contributed by atoms with Gasteiger partial charge in [0.25, 0.3) is 5.91 Å². The largest absolute Gasteiger partial charge is 0.351 e. The zero-order valence-electron chi connectivity index (χ0n) is 13.4. The van der Waals surface area contributed by atoms with Gasteiger partial charge >= 0.3 is 0 Å². The molecule has 0 fully saturated rings. The van der Waals surface area contributed by atoms with E-state index in [1.54, 1.807) is 24.3 Å². The second kappa shape index (κ2) is 7.40. The van der Waals surface area contributed by atoms with Crippen molar-refractivity contribution in [2.24, 2.45) is 0 Å². The minimum Gasteiger partial charge on any atom is -0.351 e. The summed E-state index contributed by atoms with van der Waals surface area (Å²) in [5, 5.41) is 13.3. The van der Waals surface area contributed by atoms with Crippen molar-refractivity contribution in [3.05, 3.63) is 66.2 Å². The van der Waals surface area contributed by atoms with Gasteiger partial charge in [-0.05, 0) is 59.0 Å². The third kappa shape index (κ3) is 4.09. The predicted octanol–water partition coefficient (Wildman–Crippen LogP) is 1.01. The van der Waals surface area contributed by atoms with Gasteiger partial charge in [0, 0.05) is 12.1 Å². The highest BCUT2D eigenvalue weighted by Crippen LogP contribution is 2.12. The van der Waals surface area contributed by atoms with Crippen LogP contribution < -0.4 is 5.32 Å². The molecule has 1 N–H and O–H groups in total. The number of benzene rings is 2. The van der Waals surface area contributed by atoms with Crippen LogP contribution >= 0.6 is 0 Å². The lowest BCUT2D eigenvalue weighted by atomic mass is 10.2. The van der Waals surface area contributed by atoms with Crippen LogP contribution in [0.2, 0.25) is 0 Å². The van der Waals surface area contributed by atoms with Crippen molar-refractivity contribution < 1.29 is 17.6 Å². The number of nitrogens with zero attached hydrogens (tertiary/aromatic N) is 4. The van der Waals surface area contributed by atoms with Crippen LogP contribution in [0.4, 0.5) is 4.39 Å². The number of carbonyl (C=O) groups is 1. The van der Waals surface area contributed by atoms with Gasteiger partial charge in [0.2, 0.25) is 0 Å². The SMILES string of the molecule is O=C(NCCS(=O)(=O)c1ccc(F)cc1)c1ccc(-n2cnnn2)cc1. The van der Waals surface area contributed by atoms with Crippen LogP contribution in [0.3, 0.4) is 0 Å². The van der Waals surface area contributed by atoms with E-state index in [9.17, 15) is 17.6 Å². The van der Waals surface area contributed by atoms with E-state index in [0.717, 1.165) is 12.1 Å². The number of aromatic nitrogens is 4. The number of amides is 1. The number of hydrogen-bond acceptors (Lipinski definition) is 6. The van der Waals surface area contributed by atoms with Gasteiger partial charge in [-0.15, -0.1) is 5.10 Å². The summed E-state index contributed by atoms with van der Waals surface area (Å²) in [6.07, 6.45) is 1.43. The number of tetrazole rings is 1. The fraction of sp³-hybridized carbons (Fsp3) is 0.125. The highest BCUT2D eigenvalue weighted by molar-refractivity contribution is 7.91. The zero-order chi connectivity index (χ0) is 18.6. The van der Waals surface area contributed by atoms with E-state index in [1.807, 2.05) is 0 Å². The fourth-order valence-corrected chi connectivity index (χ4v) is 3.36. The lowest BCUT2D eigenvalue weighted by Crippen LogP contribution is -2.29. The van der Waals surface area contributed by atoms with Crippen LogP contribution in [-0.4, -0.2) is 46.8 Å². The lowest BCUT2D eigenvalue weighted by molar-refractivity contribution is 0.0956. The normalized spacial score (nSPS) is 11.3. The Morgan fingerprint density at radius 2 is 1.77 bits per heavy atom. The molecular formula is C16H14FN5O3S. The van der Waals surface area contributed by atoms with Crippen molar-refractivity contribution in [2.45, 2.75) is 4.90 Å². The fourth-order valence-electron chi connectivity index (χ4n) is 2.21.